The number of likely N-dealkylation sites (tertiary alicyclic amines) is 1. The SMILES string of the molecule is CC(C)NC(=O)N1CCN(C(=O)c2cccn2C)CC2(CC(=O)N(C)C2)C1. The summed E-state index contributed by atoms with van der Waals surface area (Å²) in [6, 6.07) is 3.54. The van der Waals surface area contributed by atoms with Gasteiger partial charge in [0.1, 0.15) is 5.69 Å². The Bertz CT molecular complexity index is 743. The number of aromatic nitrogens is 1. The Labute approximate surface area is 160 Å². The van der Waals surface area contributed by atoms with Crippen molar-refractivity contribution in [3.05, 3.63) is 24.0 Å². The number of carbonyl (C=O) groups is 3. The highest BCUT2D eigenvalue weighted by molar-refractivity contribution is 5.93. The van der Waals surface area contributed by atoms with Gasteiger partial charge in [0.2, 0.25) is 5.91 Å². The predicted molar refractivity (Wildman–Crippen MR) is 101 cm³/mol. The Morgan fingerprint density at radius 3 is 2.33 bits per heavy atom. The minimum Gasteiger partial charge on any atom is -0.347 e. The van der Waals surface area contributed by atoms with E-state index in [9.17, 15) is 14.4 Å². The molecule has 0 bridgehead atoms. The van der Waals surface area contributed by atoms with E-state index >= 15 is 0 Å². The van der Waals surface area contributed by atoms with Crippen molar-refractivity contribution in [2.45, 2.75) is 26.3 Å². The van der Waals surface area contributed by atoms with Crippen LogP contribution in [0.5, 0.6) is 0 Å². The van der Waals surface area contributed by atoms with E-state index in [1.165, 1.54) is 0 Å². The van der Waals surface area contributed by atoms with Crippen molar-refractivity contribution in [1.82, 2.24) is 24.6 Å². The monoisotopic (exact) mass is 375 g/mol. The Kier molecular flexibility index (Phi) is 5.17. The van der Waals surface area contributed by atoms with Gasteiger partial charge in [-0.3, -0.25) is 9.59 Å². The third-order valence-electron chi connectivity index (χ3n) is 5.37. The summed E-state index contributed by atoms with van der Waals surface area (Å²) in [5.41, 5.74) is 0.181. The molecule has 1 spiro atoms. The molecular weight excluding hydrogens is 346 g/mol. The van der Waals surface area contributed by atoms with E-state index in [0.717, 1.165) is 0 Å². The maximum absolute atomic E-state index is 13.1. The maximum atomic E-state index is 13.1. The number of nitrogens with one attached hydrogen (secondary N) is 1. The maximum Gasteiger partial charge on any atom is 0.317 e. The van der Waals surface area contributed by atoms with Crippen LogP contribution in [0.1, 0.15) is 30.8 Å². The highest BCUT2D eigenvalue weighted by Crippen LogP contribution is 2.34. The molecule has 2 saturated heterocycles. The molecule has 0 saturated carbocycles. The second-order valence-corrected chi connectivity index (χ2v) is 8.18. The van der Waals surface area contributed by atoms with Gasteiger partial charge < -0.3 is 24.6 Å². The van der Waals surface area contributed by atoms with Crippen molar-refractivity contribution in [1.29, 1.82) is 0 Å². The average molecular weight is 375 g/mol. The summed E-state index contributed by atoms with van der Waals surface area (Å²) in [5.74, 6) is 0.00220. The Morgan fingerprint density at radius 2 is 1.78 bits per heavy atom. The second kappa shape index (κ2) is 7.25. The molecule has 0 aromatic carbocycles. The predicted octanol–water partition coefficient (Wildman–Crippen LogP) is 0.749. The van der Waals surface area contributed by atoms with Crippen LogP contribution < -0.4 is 5.32 Å². The van der Waals surface area contributed by atoms with Gasteiger partial charge in [0.25, 0.3) is 5.91 Å². The normalized spacial score (nSPS) is 23.3. The molecule has 1 N–H and O–H groups in total. The van der Waals surface area contributed by atoms with Crippen LogP contribution in [0.4, 0.5) is 4.79 Å². The molecule has 0 aliphatic carbocycles. The molecule has 148 valence electrons. The minimum atomic E-state index is -0.433. The number of urea groups is 1. The van der Waals surface area contributed by atoms with E-state index in [1.54, 1.807) is 32.4 Å². The first-order chi connectivity index (χ1) is 12.7. The average Bonchev–Trinajstić information content (AvgIpc) is 3.05. The Balaban J connectivity index is 1.86. The summed E-state index contributed by atoms with van der Waals surface area (Å²) in [5, 5.41) is 2.93. The molecule has 2 aliphatic heterocycles. The van der Waals surface area contributed by atoms with E-state index in [4.69, 9.17) is 0 Å². The van der Waals surface area contributed by atoms with Crippen LogP contribution in [0.25, 0.3) is 0 Å². The minimum absolute atomic E-state index is 0.0330. The van der Waals surface area contributed by atoms with Crippen LogP contribution in [0.3, 0.4) is 0 Å². The first-order valence-electron chi connectivity index (χ1n) is 9.41. The zero-order valence-electron chi connectivity index (χ0n) is 16.6. The fourth-order valence-corrected chi connectivity index (χ4v) is 4.10. The van der Waals surface area contributed by atoms with Crippen molar-refractivity contribution in [3.63, 3.8) is 0 Å². The van der Waals surface area contributed by atoms with Crippen LogP contribution in [-0.2, 0) is 11.8 Å². The van der Waals surface area contributed by atoms with Gasteiger partial charge in [-0.05, 0) is 26.0 Å². The van der Waals surface area contributed by atoms with Crippen molar-refractivity contribution in [2.75, 3.05) is 39.8 Å². The van der Waals surface area contributed by atoms with Crippen LogP contribution >= 0.6 is 0 Å². The highest BCUT2D eigenvalue weighted by Gasteiger charge is 2.47. The first kappa shape index (κ1) is 19.3. The largest absolute Gasteiger partial charge is 0.347 e. The lowest BCUT2D eigenvalue weighted by Gasteiger charge is -2.33. The molecule has 2 aliphatic rings. The number of rotatable bonds is 2. The quantitative estimate of drug-likeness (QED) is 0.829. The molecule has 0 radical (unpaired) electrons. The Hall–Kier alpha value is -2.51. The molecule has 8 nitrogen and oxygen atoms in total. The van der Waals surface area contributed by atoms with E-state index in [1.807, 2.05) is 33.2 Å². The van der Waals surface area contributed by atoms with Gasteiger partial charge in [-0.25, -0.2) is 4.79 Å². The zero-order valence-corrected chi connectivity index (χ0v) is 16.6. The van der Waals surface area contributed by atoms with Gasteiger partial charge in [0.15, 0.2) is 0 Å². The lowest BCUT2D eigenvalue weighted by molar-refractivity contribution is -0.126. The van der Waals surface area contributed by atoms with Gasteiger partial charge in [0, 0.05) is 70.9 Å². The molecule has 4 amide bonds. The van der Waals surface area contributed by atoms with Crippen LogP contribution in [0.2, 0.25) is 0 Å². The van der Waals surface area contributed by atoms with Gasteiger partial charge in [0.05, 0.1) is 0 Å². The Morgan fingerprint density at radius 1 is 1.11 bits per heavy atom. The second-order valence-electron chi connectivity index (χ2n) is 8.18. The number of amides is 4. The summed E-state index contributed by atoms with van der Waals surface area (Å²) in [4.78, 5) is 43.2. The standard InChI is InChI=1S/C19H29N5O3/c1-14(2)20-18(27)24-9-8-23(17(26)15-6-5-7-21(15)3)12-19(13-24)10-16(25)22(4)11-19/h5-7,14H,8-13H2,1-4H3,(H,20,27). The number of aryl methyl sites for hydroxylation is 1. The van der Waals surface area contributed by atoms with Gasteiger partial charge in [-0.2, -0.15) is 0 Å². The van der Waals surface area contributed by atoms with E-state index < -0.39 is 5.41 Å². The van der Waals surface area contributed by atoms with Gasteiger partial charge in [-0.1, -0.05) is 0 Å². The summed E-state index contributed by atoms with van der Waals surface area (Å²) >= 11 is 0. The summed E-state index contributed by atoms with van der Waals surface area (Å²) < 4.78 is 1.80. The van der Waals surface area contributed by atoms with Crippen molar-refractivity contribution >= 4 is 17.8 Å². The first-order valence-corrected chi connectivity index (χ1v) is 9.41. The zero-order chi connectivity index (χ0) is 19.8. The molecule has 8 heteroatoms. The fourth-order valence-electron chi connectivity index (χ4n) is 4.10. The van der Waals surface area contributed by atoms with Crippen LogP contribution in [0.15, 0.2) is 18.3 Å². The highest BCUT2D eigenvalue weighted by atomic mass is 16.2. The van der Waals surface area contributed by atoms with Gasteiger partial charge >= 0.3 is 6.03 Å². The smallest absolute Gasteiger partial charge is 0.317 e. The van der Waals surface area contributed by atoms with Crippen LogP contribution in [-0.4, -0.2) is 82.9 Å². The van der Waals surface area contributed by atoms with Crippen molar-refractivity contribution in [2.24, 2.45) is 12.5 Å². The molecule has 3 heterocycles. The molecule has 3 rings (SSSR count). The number of hydrogen-bond acceptors (Lipinski definition) is 3. The molecule has 1 atom stereocenters. The van der Waals surface area contributed by atoms with Crippen LogP contribution in [0, 0.1) is 5.41 Å². The number of nitrogens with zero attached hydrogens (tertiary/aromatic N) is 4. The molecule has 27 heavy (non-hydrogen) atoms. The lowest BCUT2D eigenvalue weighted by Crippen LogP contribution is -2.49. The summed E-state index contributed by atoms with van der Waals surface area (Å²) in [7, 11) is 3.62. The summed E-state index contributed by atoms with van der Waals surface area (Å²) in [6.45, 7) is 6.24. The van der Waals surface area contributed by atoms with Crippen molar-refractivity contribution < 1.29 is 14.4 Å². The van der Waals surface area contributed by atoms with Crippen molar-refractivity contribution in [3.8, 4) is 0 Å². The third kappa shape index (κ3) is 3.94. The van der Waals surface area contributed by atoms with Gasteiger partial charge in [-0.15, -0.1) is 0 Å². The molecule has 1 unspecified atom stereocenters. The lowest BCUT2D eigenvalue weighted by atomic mass is 9.86. The topological polar surface area (TPSA) is 77.9 Å². The molecule has 2 fully saturated rings. The fraction of sp³-hybridized carbons (Fsp3) is 0.632. The number of hydrogen-bond donors (Lipinski definition) is 1. The third-order valence-corrected chi connectivity index (χ3v) is 5.37. The molecule has 1 aromatic heterocycles. The van der Waals surface area contributed by atoms with E-state index in [2.05, 4.69) is 5.32 Å². The van der Waals surface area contributed by atoms with E-state index in [-0.39, 0.29) is 23.9 Å². The van der Waals surface area contributed by atoms with E-state index in [0.29, 0.717) is 44.8 Å². The molecule has 1 aromatic rings. The summed E-state index contributed by atoms with van der Waals surface area (Å²) in [6.07, 6.45) is 2.20. The molecular formula is C19H29N5O3. The number of carbonyl (C=O) groups excluding carboxylic acids is 3.